The average molecular weight is 703 g/mol. The molecule has 0 aromatic carbocycles. The van der Waals surface area contributed by atoms with Crippen LogP contribution in [0.1, 0.15) is 55.7 Å². The summed E-state index contributed by atoms with van der Waals surface area (Å²) in [5.74, 6) is -0.400. The number of aromatic nitrogens is 4. The number of H-pyrrole nitrogens is 2. The molecule has 48 heavy (non-hydrogen) atoms. The van der Waals surface area contributed by atoms with Crippen molar-refractivity contribution in [2.45, 2.75) is 82.4 Å². The van der Waals surface area contributed by atoms with E-state index in [-0.39, 0.29) is 45.0 Å². The second-order valence-electron chi connectivity index (χ2n) is 12.1. The molecule has 18 nitrogen and oxygen atoms in total. The van der Waals surface area contributed by atoms with Crippen molar-refractivity contribution in [3.63, 3.8) is 0 Å². The summed E-state index contributed by atoms with van der Waals surface area (Å²) in [6, 6.07) is 0. The predicted octanol–water partition coefficient (Wildman–Crippen LogP) is -1.43. The SMILES string of the molecule is CNCCCCC(CO)COP(=O)([O-])C1CC(n2cc(C)c(=O)[nH]c2=O)OC1COCOC1CC(n2cc(C)c(=O)[nH]c2=O)OC1CO. The second kappa shape index (κ2) is 17.2. The maximum absolute atomic E-state index is 13.5. The standard InChI is InChI=1S/C29H46N5O13P/c1-17-10-33(28(39)31-26(17)37)24-8-20(21(13-36)46-24)44-16-43-15-22-23(9-25(47-22)34-11-18(2)27(38)32-29(34)40)48(41,42)45-14-19(12-35)6-4-5-7-30-3/h10-11,19-25,30,35-36H,4-9,12-16H2,1-3H3,(H,41,42)(H,31,37,39)(H,32,38,40)/p-1. The first-order chi connectivity index (χ1) is 22.9. The second-order valence-corrected chi connectivity index (χ2v) is 14.1. The van der Waals surface area contributed by atoms with Crippen LogP contribution in [-0.2, 0) is 28.0 Å². The van der Waals surface area contributed by atoms with Gasteiger partial charge in [0, 0.05) is 48.9 Å². The Morgan fingerprint density at radius 3 is 2.19 bits per heavy atom. The van der Waals surface area contributed by atoms with E-state index in [1.807, 2.05) is 7.05 Å². The molecule has 2 aliphatic heterocycles. The van der Waals surface area contributed by atoms with E-state index in [0.29, 0.717) is 12.0 Å². The van der Waals surface area contributed by atoms with Gasteiger partial charge in [-0.25, -0.2) is 9.59 Å². The maximum atomic E-state index is 13.5. The predicted molar refractivity (Wildman–Crippen MR) is 168 cm³/mol. The number of hydrogen-bond donors (Lipinski definition) is 5. The van der Waals surface area contributed by atoms with Gasteiger partial charge < -0.3 is 48.5 Å². The van der Waals surface area contributed by atoms with Crippen LogP contribution in [0.25, 0.3) is 0 Å². The quantitative estimate of drug-likeness (QED) is 0.0679. The Morgan fingerprint density at radius 2 is 1.60 bits per heavy atom. The molecule has 19 heteroatoms. The lowest BCUT2D eigenvalue weighted by Gasteiger charge is -2.33. The number of aromatic amines is 2. The monoisotopic (exact) mass is 702 g/mol. The smallest absolute Gasteiger partial charge is 0.330 e. The van der Waals surface area contributed by atoms with Gasteiger partial charge in [-0.05, 0) is 40.3 Å². The van der Waals surface area contributed by atoms with E-state index in [2.05, 4.69) is 15.3 Å². The van der Waals surface area contributed by atoms with E-state index >= 15 is 0 Å². The number of ether oxygens (including phenoxy) is 4. The van der Waals surface area contributed by atoms with Crippen LogP contribution >= 0.6 is 7.60 Å². The molecular weight excluding hydrogens is 657 g/mol. The molecule has 0 bridgehead atoms. The van der Waals surface area contributed by atoms with Crippen molar-refractivity contribution in [3.05, 3.63) is 65.2 Å². The van der Waals surface area contributed by atoms with Crippen LogP contribution in [0, 0.1) is 19.8 Å². The van der Waals surface area contributed by atoms with Crippen molar-refractivity contribution >= 4 is 7.60 Å². The summed E-state index contributed by atoms with van der Waals surface area (Å²) in [6.45, 7) is 2.26. The van der Waals surface area contributed by atoms with Crippen LogP contribution in [0.5, 0.6) is 0 Å². The normalized spacial score (nSPS) is 26.1. The minimum atomic E-state index is -4.66. The fraction of sp³-hybridized carbons (Fsp3) is 0.724. The topological polar surface area (TPSA) is 248 Å². The van der Waals surface area contributed by atoms with Crippen molar-refractivity contribution < 1.29 is 43.1 Å². The Hall–Kier alpha value is -2.77. The lowest BCUT2D eigenvalue weighted by atomic mass is 10.0. The number of nitrogens with zero attached hydrogens (tertiary/aromatic N) is 2. The highest BCUT2D eigenvalue weighted by atomic mass is 31.2. The Balaban J connectivity index is 1.41. The number of aliphatic hydroxyl groups excluding tert-OH is 2. The van der Waals surface area contributed by atoms with Gasteiger partial charge in [-0.1, -0.05) is 6.42 Å². The third-order valence-corrected chi connectivity index (χ3v) is 10.4. The molecule has 8 unspecified atom stereocenters. The molecule has 0 saturated carbocycles. The van der Waals surface area contributed by atoms with Gasteiger partial charge in [-0.3, -0.25) is 28.7 Å². The molecule has 2 saturated heterocycles. The molecule has 2 fully saturated rings. The first-order valence-electron chi connectivity index (χ1n) is 15.8. The van der Waals surface area contributed by atoms with Crippen molar-refractivity contribution in [1.29, 1.82) is 0 Å². The van der Waals surface area contributed by atoms with Crippen LogP contribution in [0.3, 0.4) is 0 Å². The zero-order valence-electron chi connectivity index (χ0n) is 27.2. The van der Waals surface area contributed by atoms with E-state index in [9.17, 15) is 38.8 Å². The van der Waals surface area contributed by atoms with Crippen LogP contribution in [0.2, 0.25) is 0 Å². The number of nitrogens with one attached hydrogen (secondary N) is 3. The molecule has 2 aromatic heterocycles. The number of rotatable bonds is 18. The summed E-state index contributed by atoms with van der Waals surface area (Å²) in [7, 11) is -2.83. The van der Waals surface area contributed by atoms with E-state index in [1.165, 1.54) is 30.8 Å². The summed E-state index contributed by atoms with van der Waals surface area (Å²) in [4.78, 5) is 66.5. The molecule has 2 aromatic rings. The average Bonchev–Trinajstić information content (AvgIpc) is 3.67. The summed E-state index contributed by atoms with van der Waals surface area (Å²) >= 11 is 0. The zero-order chi connectivity index (χ0) is 35.0. The Kier molecular flexibility index (Phi) is 13.7. The van der Waals surface area contributed by atoms with Gasteiger partial charge in [-0.2, -0.15) is 0 Å². The first-order valence-corrected chi connectivity index (χ1v) is 17.5. The number of unbranched alkanes of at least 4 members (excludes halogenated alkanes) is 1. The molecular formula is C29H45N5O13P-. The summed E-state index contributed by atoms with van der Waals surface area (Å²) in [6.07, 6.45) is 0.279. The summed E-state index contributed by atoms with van der Waals surface area (Å²) < 4.78 is 44.5. The van der Waals surface area contributed by atoms with Crippen LogP contribution in [0.15, 0.2) is 31.6 Å². The largest absolute Gasteiger partial charge is 0.778 e. The van der Waals surface area contributed by atoms with E-state index in [0.717, 1.165) is 24.0 Å². The molecule has 5 N–H and O–H groups in total. The minimum absolute atomic E-state index is 0.143. The molecule has 0 spiro atoms. The fourth-order valence-electron chi connectivity index (χ4n) is 5.75. The summed E-state index contributed by atoms with van der Waals surface area (Å²) in [5.41, 5.74) is -3.27. The number of aliphatic hydroxyl groups is 2. The van der Waals surface area contributed by atoms with Crippen molar-refractivity contribution in [2.75, 3.05) is 46.8 Å². The highest BCUT2D eigenvalue weighted by molar-refractivity contribution is 7.52. The lowest BCUT2D eigenvalue weighted by molar-refractivity contribution is -0.204. The summed E-state index contributed by atoms with van der Waals surface area (Å²) in [5, 5.41) is 22.7. The molecule has 0 amide bonds. The molecule has 2 aliphatic rings. The highest BCUT2D eigenvalue weighted by Gasteiger charge is 2.44. The van der Waals surface area contributed by atoms with Gasteiger partial charge in [0.1, 0.15) is 32.9 Å². The van der Waals surface area contributed by atoms with Crippen LogP contribution in [0.4, 0.5) is 0 Å². The molecule has 8 atom stereocenters. The van der Waals surface area contributed by atoms with Crippen molar-refractivity contribution in [2.24, 2.45) is 5.92 Å². The van der Waals surface area contributed by atoms with Gasteiger partial charge in [0.25, 0.3) is 11.1 Å². The minimum Gasteiger partial charge on any atom is -0.778 e. The van der Waals surface area contributed by atoms with Crippen LogP contribution in [-0.4, -0.2) is 100 Å². The maximum Gasteiger partial charge on any atom is 0.330 e. The van der Waals surface area contributed by atoms with Crippen molar-refractivity contribution in [3.8, 4) is 0 Å². The molecule has 270 valence electrons. The molecule has 4 heterocycles. The zero-order valence-corrected chi connectivity index (χ0v) is 28.1. The molecule has 0 aliphatic carbocycles. The first kappa shape index (κ1) is 38.0. The van der Waals surface area contributed by atoms with E-state index in [1.54, 1.807) is 0 Å². The van der Waals surface area contributed by atoms with Gasteiger partial charge in [0.15, 0.2) is 0 Å². The van der Waals surface area contributed by atoms with Gasteiger partial charge in [-0.15, -0.1) is 0 Å². The van der Waals surface area contributed by atoms with Gasteiger partial charge >= 0.3 is 11.4 Å². The Morgan fingerprint density at radius 1 is 1.00 bits per heavy atom. The number of hydrogen-bond acceptors (Lipinski definition) is 14. The van der Waals surface area contributed by atoms with Crippen molar-refractivity contribution in [1.82, 2.24) is 24.4 Å². The molecule has 4 rings (SSSR count). The third-order valence-electron chi connectivity index (χ3n) is 8.57. The highest BCUT2D eigenvalue weighted by Crippen LogP contribution is 2.52. The molecule has 0 radical (unpaired) electrons. The Labute approximate surface area is 275 Å². The number of aryl methyl sites for hydroxylation is 2. The van der Waals surface area contributed by atoms with Crippen LogP contribution < -0.4 is 32.7 Å². The van der Waals surface area contributed by atoms with Gasteiger partial charge in [0.2, 0.25) is 0 Å². The fourth-order valence-corrected chi connectivity index (χ4v) is 7.36. The van der Waals surface area contributed by atoms with E-state index in [4.69, 9.17) is 23.5 Å². The van der Waals surface area contributed by atoms with E-state index < -0.39 is 79.0 Å². The lowest BCUT2D eigenvalue weighted by Crippen LogP contribution is -2.34. The Bertz CT molecular complexity index is 1640. The third kappa shape index (κ3) is 9.47. The van der Waals surface area contributed by atoms with Gasteiger partial charge in [0.05, 0.1) is 37.7 Å².